The van der Waals surface area contributed by atoms with Gasteiger partial charge in [-0.05, 0) is 45.7 Å². The highest BCUT2D eigenvalue weighted by molar-refractivity contribution is 7.14. The second-order valence-electron chi connectivity index (χ2n) is 7.14. The van der Waals surface area contributed by atoms with Gasteiger partial charge in [-0.2, -0.15) is 0 Å². The first-order valence-corrected chi connectivity index (χ1v) is 9.99. The molecule has 4 aromatic heterocycles. The molecule has 0 atom stereocenters. The summed E-state index contributed by atoms with van der Waals surface area (Å²) in [6, 6.07) is 3.66. The molecule has 4 heterocycles. The molecule has 0 saturated heterocycles. The Balaban J connectivity index is 1.57. The van der Waals surface area contributed by atoms with E-state index in [1.165, 1.54) is 24.2 Å². The molecular formula is C20H18N4O3S. The van der Waals surface area contributed by atoms with E-state index in [1.54, 1.807) is 13.0 Å². The lowest BCUT2D eigenvalue weighted by Crippen LogP contribution is -2.13. The van der Waals surface area contributed by atoms with Crippen LogP contribution in [0.2, 0.25) is 0 Å². The monoisotopic (exact) mass is 394 g/mol. The van der Waals surface area contributed by atoms with E-state index < -0.39 is 0 Å². The number of anilines is 1. The number of thiazole rings is 1. The van der Waals surface area contributed by atoms with Crippen LogP contribution in [0, 0.1) is 20.8 Å². The normalized spacial score (nSPS) is 14.0. The fourth-order valence-corrected chi connectivity index (χ4v) is 4.16. The molecule has 0 spiro atoms. The molecule has 1 amide bonds. The van der Waals surface area contributed by atoms with Gasteiger partial charge in [0.2, 0.25) is 0 Å². The predicted octanol–water partition coefficient (Wildman–Crippen LogP) is 4.99. The Bertz CT molecular complexity index is 1220. The molecule has 0 radical (unpaired) electrons. The Morgan fingerprint density at radius 1 is 1.21 bits per heavy atom. The molecule has 8 heteroatoms. The van der Waals surface area contributed by atoms with Crippen molar-refractivity contribution in [3.8, 4) is 11.3 Å². The van der Waals surface area contributed by atoms with E-state index in [9.17, 15) is 4.79 Å². The number of rotatable bonds is 4. The maximum Gasteiger partial charge on any atom is 0.259 e. The molecule has 142 valence electrons. The average molecular weight is 394 g/mol. The number of hydrogen-bond acceptors (Lipinski definition) is 7. The summed E-state index contributed by atoms with van der Waals surface area (Å²) >= 11 is 1.45. The van der Waals surface area contributed by atoms with Crippen LogP contribution in [0.4, 0.5) is 5.13 Å². The van der Waals surface area contributed by atoms with Crippen LogP contribution < -0.4 is 5.32 Å². The minimum atomic E-state index is -0.255. The molecule has 1 N–H and O–H groups in total. The molecule has 0 aliphatic heterocycles. The van der Waals surface area contributed by atoms with Gasteiger partial charge >= 0.3 is 0 Å². The zero-order valence-electron chi connectivity index (χ0n) is 15.7. The smallest absolute Gasteiger partial charge is 0.259 e. The zero-order valence-corrected chi connectivity index (χ0v) is 16.5. The van der Waals surface area contributed by atoms with E-state index in [-0.39, 0.29) is 5.91 Å². The zero-order chi connectivity index (χ0) is 19.4. The summed E-state index contributed by atoms with van der Waals surface area (Å²) < 4.78 is 11.0. The number of aromatic nitrogens is 3. The fraction of sp³-hybridized carbons (Fsp3) is 0.300. The number of nitrogens with zero attached hydrogens (tertiary/aromatic N) is 3. The number of furan rings is 1. The lowest BCUT2D eigenvalue weighted by atomic mass is 10.1. The number of hydrogen-bond donors (Lipinski definition) is 1. The second-order valence-corrected chi connectivity index (χ2v) is 7.99. The Morgan fingerprint density at radius 2 is 2.04 bits per heavy atom. The highest BCUT2D eigenvalue weighted by Gasteiger charge is 2.27. The maximum atomic E-state index is 13.1. The van der Waals surface area contributed by atoms with Crippen LogP contribution >= 0.6 is 11.3 Å². The average Bonchev–Trinajstić information content (AvgIpc) is 3.16. The third-order valence-electron chi connectivity index (χ3n) is 4.92. The fourth-order valence-electron chi connectivity index (χ4n) is 3.37. The van der Waals surface area contributed by atoms with E-state index in [4.69, 9.17) is 8.94 Å². The highest BCUT2D eigenvalue weighted by atomic mass is 32.1. The van der Waals surface area contributed by atoms with Gasteiger partial charge in [-0.25, -0.2) is 9.97 Å². The van der Waals surface area contributed by atoms with Crippen molar-refractivity contribution in [3.63, 3.8) is 0 Å². The van der Waals surface area contributed by atoms with Gasteiger partial charge in [0.15, 0.2) is 5.13 Å². The molecule has 0 bridgehead atoms. The van der Waals surface area contributed by atoms with Crippen LogP contribution in [0.25, 0.3) is 22.4 Å². The number of nitrogens with one attached hydrogen (secondary N) is 1. The molecule has 1 aliphatic rings. The first kappa shape index (κ1) is 17.1. The SMILES string of the molecule is Cc1cc(-c2cc(C(=O)Nc3nc(C4CC4)cs3)c3c(C)noc3n2)c(C)o1. The largest absolute Gasteiger partial charge is 0.466 e. The Labute approximate surface area is 164 Å². The number of amides is 1. The lowest BCUT2D eigenvalue weighted by Gasteiger charge is -2.06. The van der Waals surface area contributed by atoms with Crippen molar-refractivity contribution < 1.29 is 13.7 Å². The summed E-state index contributed by atoms with van der Waals surface area (Å²) in [5, 5.41) is 10.1. The van der Waals surface area contributed by atoms with E-state index in [2.05, 4.69) is 20.4 Å². The summed E-state index contributed by atoms with van der Waals surface area (Å²) in [5.41, 5.74) is 3.91. The van der Waals surface area contributed by atoms with Gasteiger partial charge in [0.25, 0.3) is 11.6 Å². The van der Waals surface area contributed by atoms with Crippen LogP contribution in [-0.4, -0.2) is 21.0 Å². The summed E-state index contributed by atoms with van der Waals surface area (Å²) in [5.74, 6) is 1.81. The molecule has 1 fully saturated rings. The van der Waals surface area contributed by atoms with E-state index in [1.807, 2.05) is 25.3 Å². The van der Waals surface area contributed by atoms with Crippen LogP contribution in [0.1, 0.15) is 52.0 Å². The van der Waals surface area contributed by atoms with Gasteiger partial charge in [0.1, 0.15) is 11.5 Å². The van der Waals surface area contributed by atoms with E-state index in [0.29, 0.717) is 39.1 Å². The third kappa shape index (κ3) is 2.90. The summed E-state index contributed by atoms with van der Waals surface area (Å²) in [6.07, 6.45) is 2.35. The number of carbonyl (C=O) groups is 1. The van der Waals surface area contributed by atoms with Crippen molar-refractivity contribution in [3.05, 3.63) is 46.0 Å². The minimum Gasteiger partial charge on any atom is -0.466 e. The van der Waals surface area contributed by atoms with Crippen LogP contribution in [-0.2, 0) is 0 Å². The second kappa shape index (κ2) is 6.27. The van der Waals surface area contributed by atoms with Crippen molar-refractivity contribution in [2.45, 2.75) is 39.5 Å². The number of aryl methyl sites for hydroxylation is 3. The number of carbonyl (C=O) groups excluding carboxylic acids is 1. The van der Waals surface area contributed by atoms with Gasteiger partial charge in [0.05, 0.1) is 28.0 Å². The lowest BCUT2D eigenvalue weighted by molar-refractivity contribution is 0.102. The van der Waals surface area contributed by atoms with Crippen LogP contribution in [0.3, 0.4) is 0 Å². The first-order chi connectivity index (χ1) is 13.5. The van der Waals surface area contributed by atoms with Gasteiger partial charge < -0.3 is 8.94 Å². The number of fused-ring (bicyclic) bond motifs is 1. The van der Waals surface area contributed by atoms with Gasteiger partial charge in [-0.1, -0.05) is 5.16 Å². The van der Waals surface area contributed by atoms with Crippen LogP contribution in [0.15, 0.2) is 26.5 Å². The van der Waals surface area contributed by atoms with Crippen molar-refractivity contribution in [2.75, 3.05) is 5.32 Å². The Hall–Kier alpha value is -3.00. The van der Waals surface area contributed by atoms with Crippen molar-refractivity contribution >= 4 is 33.5 Å². The molecule has 1 saturated carbocycles. The van der Waals surface area contributed by atoms with E-state index >= 15 is 0 Å². The summed E-state index contributed by atoms with van der Waals surface area (Å²) in [7, 11) is 0. The molecule has 28 heavy (non-hydrogen) atoms. The minimum absolute atomic E-state index is 0.255. The number of pyridine rings is 1. The molecule has 5 rings (SSSR count). The quantitative estimate of drug-likeness (QED) is 0.524. The molecule has 7 nitrogen and oxygen atoms in total. The third-order valence-corrected chi connectivity index (χ3v) is 5.69. The Morgan fingerprint density at radius 3 is 2.75 bits per heavy atom. The first-order valence-electron chi connectivity index (χ1n) is 9.11. The van der Waals surface area contributed by atoms with Crippen molar-refractivity contribution in [2.24, 2.45) is 0 Å². The predicted molar refractivity (Wildman–Crippen MR) is 106 cm³/mol. The molecule has 0 unspecified atom stereocenters. The van der Waals surface area contributed by atoms with Gasteiger partial charge in [0, 0.05) is 16.9 Å². The molecular weight excluding hydrogens is 376 g/mol. The molecule has 4 aromatic rings. The van der Waals surface area contributed by atoms with Crippen molar-refractivity contribution in [1.82, 2.24) is 15.1 Å². The highest BCUT2D eigenvalue weighted by Crippen LogP contribution is 2.41. The topological polar surface area (TPSA) is 94.1 Å². The molecule has 0 aromatic carbocycles. The molecule has 1 aliphatic carbocycles. The Kier molecular flexibility index (Phi) is 3.83. The van der Waals surface area contributed by atoms with Gasteiger partial charge in [-0.15, -0.1) is 11.3 Å². The summed E-state index contributed by atoms with van der Waals surface area (Å²) in [4.78, 5) is 22.2. The standard InChI is InChI=1S/C20H18N4O3S/c1-9-6-13(11(3)26-9)15-7-14(17-10(2)24-27-19(17)21-15)18(25)23-20-22-16(8-28-20)12-4-5-12/h6-8,12H,4-5H2,1-3H3,(H,22,23,25). The van der Waals surface area contributed by atoms with E-state index in [0.717, 1.165) is 22.8 Å². The van der Waals surface area contributed by atoms with Crippen LogP contribution in [0.5, 0.6) is 0 Å². The van der Waals surface area contributed by atoms with Crippen molar-refractivity contribution in [1.29, 1.82) is 0 Å². The summed E-state index contributed by atoms with van der Waals surface area (Å²) in [6.45, 7) is 5.54. The maximum absolute atomic E-state index is 13.1. The van der Waals surface area contributed by atoms with Gasteiger partial charge in [-0.3, -0.25) is 10.1 Å².